The number of carbonyl (C=O) groups excluding carboxylic acids is 3. The van der Waals surface area contributed by atoms with Crippen molar-refractivity contribution in [2.24, 2.45) is 5.92 Å². The van der Waals surface area contributed by atoms with Gasteiger partial charge in [-0.25, -0.2) is 0 Å². The van der Waals surface area contributed by atoms with Gasteiger partial charge in [0, 0.05) is 24.3 Å². The summed E-state index contributed by atoms with van der Waals surface area (Å²) in [4.78, 5) is 38.4. The number of nitrogens with zero attached hydrogens (tertiary/aromatic N) is 1. The Balaban J connectivity index is 1.56. The maximum Gasteiger partial charge on any atom is 0.311 e. The average molecular weight is 380 g/mol. The number of hydrogen-bond donors (Lipinski definition) is 1. The van der Waals surface area contributed by atoms with Gasteiger partial charge in [-0.1, -0.05) is 35.9 Å². The van der Waals surface area contributed by atoms with Gasteiger partial charge in [-0.15, -0.1) is 0 Å². The first-order chi connectivity index (χ1) is 13.3. The molecule has 0 radical (unpaired) electrons. The Labute approximate surface area is 164 Å². The molecule has 6 heteroatoms. The van der Waals surface area contributed by atoms with Crippen LogP contribution in [-0.4, -0.2) is 30.9 Å². The quantitative estimate of drug-likeness (QED) is 0.809. The number of aryl methyl sites for hydroxylation is 3. The molecule has 0 aliphatic carbocycles. The van der Waals surface area contributed by atoms with E-state index in [2.05, 4.69) is 5.32 Å². The van der Waals surface area contributed by atoms with E-state index in [1.807, 2.05) is 57.2 Å². The highest BCUT2D eigenvalue weighted by Gasteiger charge is 2.36. The number of esters is 1. The second-order valence-corrected chi connectivity index (χ2v) is 7.17. The third-order valence-corrected chi connectivity index (χ3v) is 4.87. The Morgan fingerprint density at radius 3 is 2.57 bits per heavy atom. The molecule has 0 bridgehead atoms. The Kier molecular flexibility index (Phi) is 5.78. The van der Waals surface area contributed by atoms with Gasteiger partial charge < -0.3 is 15.0 Å². The van der Waals surface area contributed by atoms with Crippen molar-refractivity contribution in [2.45, 2.75) is 27.2 Å². The van der Waals surface area contributed by atoms with Crippen LogP contribution in [0.1, 0.15) is 23.1 Å². The predicted molar refractivity (Wildman–Crippen MR) is 107 cm³/mol. The normalized spacial score (nSPS) is 16.2. The highest BCUT2D eigenvalue weighted by Crippen LogP contribution is 2.29. The van der Waals surface area contributed by atoms with E-state index < -0.39 is 17.8 Å². The molecular formula is C22H24N2O4. The van der Waals surface area contributed by atoms with Gasteiger partial charge in [-0.05, 0) is 44.0 Å². The Hall–Kier alpha value is -3.15. The fourth-order valence-electron chi connectivity index (χ4n) is 3.36. The van der Waals surface area contributed by atoms with Crippen molar-refractivity contribution in [3.63, 3.8) is 0 Å². The highest BCUT2D eigenvalue weighted by atomic mass is 16.5. The Morgan fingerprint density at radius 1 is 1.11 bits per heavy atom. The first kappa shape index (κ1) is 19.6. The van der Waals surface area contributed by atoms with E-state index in [-0.39, 0.29) is 25.5 Å². The summed E-state index contributed by atoms with van der Waals surface area (Å²) in [6, 6.07) is 13.2. The fourth-order valence-corrected chi connectivity index (χ4v) is 3.36. The van der Waals surface area contributed by atoms with Crippen LogP contribution in [0.3, 0.4) is 0 Å². The smallest absolute Gasteiger partial charge is 0.311 e. The summed E-state index contributed by atoms with van der Waals surface area (Å²) in [5.74, 6) is -1.61. The van der Waals surface area contributed by atoms with E-state index >= 15 is 0 Å². The van der Waals surface area contributed by atoms with Crippen molar-refractivity contribution in [1.82, 2.24) is 0 Å². The molecule has 1 aliphatic rings. The Bertz CT molecular complexity index is 923. The standard InChI is InChI=1S/C22H24N2O4/c1-14-8-9-19(16(3)10-14)24-12-17(11-21(24)26)22(27)28-13-20(25)23-18-7-5-4-6-15(18)2/h4-10,17H,11-13H2,1-3H3,(H,23,25)/t17-/m1/s1. The molecule has 28 heavy (non-hydrogen) atoms. The van der Waals surface area contributed by atoms with Crippen LogP contribution in [0.5, 0.6) is 0 Å². The highest BCUT2D eigenvalue weighted by molar-refractivity contribution is 6.00. The zero-order valence-electron chi connectivity index (χ0n) is 16.3. The van der Waals surface area contributed by atoms with E-state index in [1.165, 1.54) is 0 Å². The van der Waals surface area contributed by atoms with Crippen LogP contribution < -0.4 is 10.2 Å². The second-order valence-electron chi connectivity index (χ2n) is 7.17. The summed E-state index contributed by atoms with van der Waals surface area (Å²) in [6.07, 6.45) is 0.0889. The van der Waals surface area contributed by atoms with Crippen molar-refractivity contribution < 1.29 is 19.1 Å². The number of carbonyl (C=O) groups is 3. The molecule has 1 atom stereocenters. The number of benzene rings is 2. The number of nitrogens with one attached hydrogen (secondary N) is 1. The summed E-state index contributed by atoms with van der Waals surface area (Å²) in [7, 11) is 0. The van der Waals surface area contributed by atoms with Crippen LogP contribution in [0, 0.1) is 26.7 Å². The minimum atomic E-state index is -0.570. The van der Waals surface area contributed by atoms with Gasteiger partial charge in [0.05, 0.1) is 5.92 Å². The van der Waals surface area contributed by atoms with Crippen molar-refractivity contribution in [3.8, 4) is 0 Å². The zero-order chi connectivity index (χ0) is 20.3. The zero-order valence-corrected chi connectivity index (χ0v) is 16.3. The summed E-state index contributed by atoms with van der Waals surface area (Å²) < 4.78 is 5.15. The summed E-state index contributed by atoms with van der Waals surface area (Å²) in [5, 5.41) is 2.72. The van der Waals surface area contributed by atoms with Crippen molar-refractivity contribution in [1.29, 1.82) is 0 Å². The van der Waals surface area contributed by atoms with Gasteiger partial charge in [0.25, 0.3) is 5.91 Å². The van der Waals surface area contributed by atoms with Gasteiger partial charge in [0.1, 0.15) is 0 Å². The number of para-hydroxylation sites is 1. The maximum absolute atomic E-state index is 12.4. The molecule has 0 saturated carbocycles. The monoisotopic (exact) mass is 380 g/mol. The average Bonchev–Trinajstić information content (AvgIpc) is 3.03. The molecule has 146 valence electrons. The molecule has 0 unspecified atom stereocenters. The molecule has 2 amide bonds. The maximum atomic E-state index is 12.4. The van der Waals surface area contributed by atoms with Crippen LogP contribution in [0.4, 0.5) is 11.4 Å². The number of rotatable bonds is 5. The fraction of sp³-hybridized carbons (Fsp3) is 0.318. The molecule has 1 aliphatic heterocycles. The van der Waals surface area contributed by atoms with Crippen LogP contribution in [-0.2, 0) is 19.1 Å². The van der Waals surface area contributed by atoms with Gasteiger partial charge in [-0.2, -0.15) is 0 Å². The lowest BCUT2D eigenvalue weighted by Crippen LogP contribution is -2.28. The largest absolute Gasteiger partial charge is 0.455 e. The van der Waals surface area contributed by atoms with Crippen LogP contribution >= 0.6 is 0 Å². The molecule has 0 aromatic heterocycles. The molecule has 2 aromatic rings. The number of hydrogen-bond acceptors (Lipinski definition) is 4. The van der Waals surface area contributed by atoms with Gasteiger partial charge in [-0.3, -0.25) is 14.4 Å². The number of anilines is 2. The minimum Gasteiger partial charge on any atom is -0.455 e. The van der Waals surface area contributed by atoms with E-state index in [1.54, 1.807) is 11.0 Å². The molecule has 0 spiro atoms. The molecule has 1 N–H and O–H groups in total. The molecule has 2 aromatic carbocycles. The second kappa shape index (κ2) is 8.25. The Morgan fingerprint density at radius 2 is 1.86 bits per heavy atom. The van der Waals surface area contributed by atoms with E-state index in [0.717, 1.165) is 22.4 Å². The summed E-state index contributed by atoms with van der Waals surface area (Å²) in [5.41, 5.74) is 4.51. The molecule has 1 saturated heterocycles. The third-order valence-electron chi connectivity index (χ3n) is 4.87. The summed E-state index contributed by atoms with van der Waals surface area (Å²) >= 11 is 0. The number of ether oxygens (including phenoxy) is 1. The lowest BCUT2D eigenvalue weighted by molar-refractivity contribution is -0.151. The first-order valence-electron chi connectivity index (χ1n) is 9.25. The van der Waals surface area contributed by atoms with Crippen LogP contribution in [0.15, 0.2) is 42.5 Å². The molecule has 3 rings (SSSR count). The van der Waals surface area contributed by atoms with E-state index in [0.29, 0.717) is 5.69 Å². The van der Waals surface area contributed by atoms with Crippen LogP contribution in [0.25, 0.3) is 0 Å². The lowest BCUT2D eigenvalue weighted by Gasteiger charge is -2.19. The van der Waals surface area contributed by atoms with Crippen molar-refractivity contribution in [2.75, 3.05) is 23.4 Å². The summed E-state index contributed by atoms with van der Waals surface area (Å²) in [6.45, 7) is 5.71. The third kappa shape index (κ3) is 4.39. The van der Waals surface area contributed by atoms with Gasteiger partial charge in [0.2, 0.25) is 5.91 Å². The molecule has 6 nitrogen and oxygen atoms in total. The SMILES string of the molecule is Cc1ccc(N2C[C@H](C(=O)OCC(=O)Nc3ccccc3C)CC2=O)c(C)c1. The molecule has 1 fully saturated rings. The van der Waals surface area contributed by atoms with E-state index in [4.69, 9.17) is 4.74 Å². The van der Waals surface area contributed by atoms with Gasteiger partial charge >= 0.3 is 5.97 Å². The van der Waals surface area contributed by atoms with Crippen molar-refractivity contribution in [3.05, 3.63) is 59.2 Å². The lowest BCUT2D eigenvalue weighted by atomic mass is 10.1. The number of amides is 2. The minimum absolute atomic E-state index is 0.0889. The first-order valence-corrected chi connectivity index (χ1v) is 9.25. The molecule has 1 heterocycles. The van der Waals surface area contributed by atoms with Crippen molar-refractivity contribution >= 4 is 29.2 Å². The molecular weight excluding hydrogens is 356 g/mol. The van der Waals surface area contributed by atoms with Gasteiger partial charge in [0.15, 0.2) is 6.61 Å². The topological polar surface area (TPSA) is 75.7 Å². The predicted octanol–water partition coefficient (Wildman–Crippen LogP) is 3.15. The van der Waals surface area contributed by atoms with E-state index in [9.17, 15) is 14.4 Å². The van der Waals surface area contributed by atoms with Crippen LogP contribution in [0.2, 0.25) is 0 Å².